The normalized spacial score (nSPS) is 11.0. The molecule has 0 spiro atoms. The maximum absolute atomic E-state index is 4.56. The van der Waals surface area contributed by atoms with Crippen molar-refractivity contribution in [3.8, 4) is 0 Å². The number of aromatic nitrogens is 2. The van der Waals surface area contributed by atoms with Gasteiger partial charge in [0, 0.05) is 19.3 Å². The number of nitrogens with zero attached hydrogens (tertiary/aromatic N) is 3. The van der Waals surface area contributed by atoms with Gasteiger partial charge in [0.1, 0.15) is 0 Å². The molecular weight excluding hydrogens is 397 g/mol. The molecule has 0 atom stereocenters. The lowest BCUT2D eigenvalue weighted by atomic mass is 10.3. The fourth-order valence-electron chi connectivity index (χ4n) is 1.77. The Kier molecular flexibility index (Phi) is 8.36. The highest BCUT2D eigenvalue weighted by atomic mass is 127. The molecule has 2 heterocycles. The summed E-state index contributed by atoms with van der Waals surface area (Å²) in [6.45, 7) is 7.31. The molecule has 116 valence electrons. The zero-order valence-corrected chi connectivity index (χ0v) is 15.5. The third-order valence-corrected chi connectivity index (χ3v) is 3.47. The van der Waals surface area contributed by atoms with E-state index in [1.165, 1.54) is 11.1 Å². The van der Waals surface area contributed by atoms with Crippen molar-refractivity contribution in [2.24, 2.45) is 4.99 Å². The van der Waals surface area contributed by atoms with Gasteiger partial charge in [-0.3, -0.25) is 4.68 Å². The van der Waals surface area contributed by atoms with E-state index >= 15 is 0 Å². The van der Waals surface area contributed by atoms with Crippen LogP contribution in [-0.2, 0) is 13.1 Å². The first-order chi connectivity index (χ1) is 9.78. The number of hydrogen-bond acceptors (Lipinski definition) is 3. The Hall–Kier alpha value is -1.09. The molecule has 2 aromatic rings. The highest BCUT2D eigenvalue weighted by molar-refractivity contribution is 14.0. The van der Waals surface area contributed by atoms with E-state index in [4.69, 9.17) is 0 Å². The van der Waals surface area contributed by atoms with E-state index in [2.05, 4.69) is 44.5 Å². The van der Waals surface area contributed by atoms with Gasteiger partial charge >= 0.3 is 0 Å². The highest BCUT2D eigenvalue weighted by Gasteiger charge is 1.99. The van der Waals surface area contributed by atoms with Crippen LogP contribution in [0.25, 0.3) is 0 Å². The first-order valence-electron chi connectivity index (χ1n) is 6.80. The monoisotopic (exact) mass is 419 g/mol. The molecule has 0 unspecified atom stereocenters. The number of rotatable bonds is 6. The molecule has 0 radical (unpaired) electrons. The molecule has 0 bridgehead atoms. The molecule has 0 aliphatic carbocycles. The van der Waals surface area contributed by atoms with Crippen molar-refractivity contribution in [3.63, 3.8) is 0 Å². The Labute approximate surface area is 146 Å². The van der Waals surface area contributed by atoms with Gasteiger partial charge in [0.25, 0.3) is 0 Å². The van der Waals surface area contributed by atoms with Gasteiger partial charge < -0.3 is 10.6 Å². The van der Waals surface area contributed by atoms with Crippen LogP contribution in [0.15, 0.2) is 34.2 Å². The van der Waals surface area contributed by atoms with Crippen molar-refractivity contribution >= 4 is 41.3 Å². The standard InChI is InChI=1S/C14H21N5S.HI/c1-3-15-14(17-9-13-4-7-20-11-13)16-5-6-19-10-12(2)8-18-19;/h4,7-8,10-11H,3,5-6,9H2,1-2H3,(H2,15,16,17);1H. The SMILES string of the molecule is CCNC(=NCc1ccsc1)NCCn1cc(C)cn1.I. The Morgan fingerprint density at radius 2 is 2.29 bits per heavy atom. The van der Waals surface area contributed by atoms with Crippen LogP contribution in [0.3, 0.4) is 0 Å². The first kappa shape index (κ1) is 18.0. The van der Waals surface area contributed by atoms with Crippen molar-refractivity contribution < 1.29 is 0 Å². The summed E-state index contributed by atoms with van der Waals surface area (Å²) in [7, 11) is 0. The molecule has 0 aromatic carbocycles. The molecule has 0 fully saturated rings. The molecule has 0 saturated heterocycles. The third-order valence-electron chi connectivity index (χ3n) is 2.74. The maximum atomic E-state index is 4.56. The summed E-state index contributed by atoms with van der Waals surface area (Å²) in [6, 6.07) is 2.10. The number of hydrogen-bond donors (Lipinski definition) is 2. The van der Waals surface area contributed by atoms with Gasteiger partial charge in [-0.15, -0.1) is 24.0 Å². The van der Waals surface area contributed by atoms with Crippen LogP contribution in [-0.4, -0.2) is 28.8 Å². The number of halogens is 1. The number of aliphatic imine (C=N–C) groups is 1. The fourth-order valence-corrected chi connectivity index (χ4v) is 2.43. The summed E-state index contributed by atoms with van der Waals surface area (Å²) in [5.74, 6) is 0.850. The smallest absolute Gasteiger partial charge is 0.191 e. The summed E-state index contributed by atoms with van der Waals surface area (Å²) < 4.78 is 1.94. The molecule has 0 saturated carbocycles. The van der Waals surface area contributed by atoms with Crippen molar-refractivity contribution in [3.05, 3.63) is 40.3 Å². The van der Waals surface area contributed by atoms with Crippen LogP contribution in [0, 0.1) is 6.92 Å². The Bertz CT molecular complexity index is 535. The lowest BCUT2D eigenvalue weighted by molar-refractivity contribution is 0.597. The molecule has 0 amide bonds. The van der Waals surface area contributed by atoms with Crippen LogP contribution < -0.4 is 10.6 Å². The van der Waals surface area contributed by atoms with E-state index in [0.717, 1.165) is 25.6 Å². The Morgan fingerprint density at radius 1 is 1.43 bits per heavy atom. The average molecular weight is 419 g/mol. The minimum Gasteiger partial charge on any atom is -0.357 e. The molecule has 5 nitrogen and oxygen atoms in total. The van der Waals surface area contributed by atoms with Gasteiger partial charge in [0.2, 0.25) is 0 Å². The van der Waals surface area contributed by atoms with Crippen LogP contribution in [0.5, 0.6) is 0 Å². The van der Waals surface area contributed by atoms with E-state index in [1.807, 2.05) is 24.0 Å². The minimum absolute atomic E-state index is 0. The van der Waals surface area contributed by atoms with Gasteiger partial charge in [-0.2, -0.15) is 16.4 Å². The summed E-state index contributed by atoms with van der Waals surface area (Å²) in [4.78, 5) is 4.56. The second-order valence-electron chi connectivity index (χ2n) is 4.53. The summed E-state index contributed by atoms with van der Waals surface area (Å²) in [5.41, 5.74) is 2.43. The van der Waals surface area contributed by atoms with Gasteiger partial charge in [-0.05, 0) is 41.8 Å². The summed E-state index contributed by atoms with van der Waals surface area (Å²) in [5, 5.41) is 15.0. The van der Waals surface area contributed by atoms with Gasteiger partial charge in [-0.1, -0.05) is 0 Å². The predicted octanol–water partition coefficient (Wildman–Crippen LogP) is 2.63. The average Bonchev–Trinajstić information content (AvgIpc) is 3.08. The maximum Gasteiger partial charge on any atom is 0.191 e. The minimum atomic E-state index is 0. The van der Waals surface area contributed by atoms with Crippen LogP contribution >= 0.6 is 35.3 Å². The van der Waals surface area contributed by atoms with Crippen molar-refractivity contribution in [1.82, 2.24) is 20.4 Å². The molecule has 0 aliphatic heterocycles. The summed E-state index contributed by atoms with van der Waals surface area (Å²) in [6.07, 6.45) is 3.91. The van der Waals surface area contributed by atoms with Crippen LogP contribution in [0.4, 0.5) is 0 Å². The van der Waals surface area contributed by atoms with E-state index in [1.54, 1.807) is 11.3 Å². The predicted molar refractivity (Wildman–Crippen MR) is 99.5 cm³/mol. The van der Waals surface area contributed by atoms with Crippen molar-refractivity contribution in [1.29, 1.82) is 0 Å². The third kappa shape index (κ3) is 6.47. The van der Waals surface area contributed by atoms with Crippen molar-refractivity contribution in [2.45, 2.75) is 26.9 Å². The second kappa shape index (κ2) is 9.78. The zero-order chi connectivity index (χ0) is 14.2. The van der Waals surface area contributed by atoms with Crippen molar-refractivity contribution in [2.75, 3.05) is 13.1 Å². The van der Waals surface area contributed by atoms with E-state index < -0.39 is 0 Å². The number of aryl methyl sites for hydroxylation is 1. The topological polar surface area (TPSA) is 54.2 Å². The van der Waals surface area contributed by atoms with Gasteiger partial charge in [0.15, 0.2) is 5.96 Å². The van der Waals surface area contributed by atoms with E-state index in [9.17, 15) is 0 Å². The zero-order valence-electron chi connectivity index (χ0n) is 12.4. The molecule has 2 aromatic heterocycles. The Balaban J connectivity index is 0.00000220. The lowest BCUT2D eigenvalue weighted by Gasteiger charge is -2.11. The van der Waals surface area contributed by atoms with E-state index in [0.29, 0.717) is 6.54 Å². The highest BCUT2D eigenvalue weighted by Crippen LogP contribution is 2.06. The largest absolute Gasteiger partial charge is 0.357 e. The van der Waals surface area contributed by atoms with E-state index in [-0.39, 0.29) is 24.0 Å². The Morgan fingerprint density at radius 3 is 2.90 bits per heavy atom. The fraction of sp³-hybridized carbons (Fsp3) is 0.429. The number of nitrogens with one attached hydrogen (secondary N) is 2. The molecule has 0 aliphatic rings. The molecule has 2 N–H and O–H groups in total. The van der Waals surface area contributed by atoms with Crippen LogP contribution in [0.2, 0.25) is 0 Å². The lowest BCUT2D eigenvalue weighted by Crippen LogP contribution is -2.38. The molecular formula is C14H22IN5S. The van der Waals surface area contributed by atoms with Crippen LogP contribution in [0.1, 0.15) is 18.1 Å². The van der Waals surface area contributed by atoms with Gasteiger partial charge in [-0.25, -0.2) is 4.99 Å². The molecule has 7 heteroatoms. The number of guanidine groups is 1. The molecule has 2 rings (SSSR count). The van der Waals surface area contributed by atoms with Gasteiger partial charge in [0.05, 0.1) is 19.3 Å². The number of thiophene rings is 1. The quantitative estimate of drug-likeness (QED) is 0.430. The molecule has 21 heavy (non-hydrogen) atoms. The summed E-state index contributed by atoms with van der Waals surface area (Å²) >= 11 is 1.70. The second-order valence-corrected chi connectivity index (χ2v) is 5.31. The first-order valence-corrected chi connectivity index (χ1v) is 7.74.